The van der Waals surface area contributed by atoms with Gasteiger partial charge in [-0.25, -0.2) is 4.39 Å². The van der Waals surface area contributed by atoms with Gasteiger partial charge in [0.25, 0.3) is 0 Å². The molecule has 13 heavy (non-hydrogen) atoms. The van der Waals surface area contributed by atoms with Crippen molar-refractivity contribution in [3.05, 3.63) is 0 Å². The van der Waals surface area contributed by atoms with Gasteiger partial charge in [0.1, 0.15) is 12.2 Å². The third kappa shape index (κ3) is 2.17. The van der Waals surface area contributed by atoms with Crippen LogP contribution < -0.4 is 0 Å². The van der Waals surface area contributed by atoms with E-state index in [9.17, 15) is 4.39 Å². The molecule has 1 heterocycles. The van der Waals surface area contributed by atoms with Gasteiger partial charge in [0.15, 0.2) is 12.5 Å². The molecule has 0 saturated carbocycles. The summed E-state index contributed by atoms with van der Waals surface area (Å²) in [5.74, 6) is 0. The average molecular weight is 194 g/mol. The van der Waals surface area contributed by atoms with Crippen molar-refractivity contribution in [2.24, 2.45) is 0 Å². The summed E-state index contributed by atoms with van der Waals surface area (Å²) in [6.45, 7) is 0.304. The Morgan fingerprint density at radius 2 is 1.92 bits per heavy atom. The van der Waals surface area contributed by atoms with Gasteiger partial charge in [0.2, 0.25) is 0 Å². The summed E-state index contributed by atoms with van der Waals surface area (Å²) in [4.78, 5) is 0. The molecule has 5 heteroatoms. The molecule has 1 fully saturated rings. The Labute approximate surface area is 76.9 Å². The molecule has 0 radical (unpaired) electrons. The number of halogens is 1. The summed E-state index contributed by atoms with van der Waals surface area (Å²) >= 11 is 0. The minimum absolute atomic E-state index is 0.304. The molecule has 0 aromatic rings. The van der Waals surface area contributed by atoms with Crippen LogP contribution in [0.2, 0.25) is 0 Å². The number of rotatable bonds is 4. The van der Waals surface area contributed by atoms with Crippen molar-refractivity contribution >= 4 is 0 Å². The predicted molar refractivity (Wildman–Crippen MR) is 43.2 cm³/mol. The van der Waals surface area contributed by atoms with Gasteiger partial charge in [-0.15, -0.1) is 0 Å². The van der Waals surface area contributed by atoms with Crippen LogP contribution in [0.25, 0.3) is 0 Å². The maximum Gasteiger partial charge on any atom is 0.191 e. The summed E-state index contributed by atoms with van der Waals surface area (Å²) in [7, 11) is 4.38. The molecule has 1 rings (SSSR count). The molecule has 78 valence electrons. The molecular weight excluding hydrogens is 179 g/mol. The van der Waals surface area contributed by atoms with Gasteiger partial charge in [-0.1, -0.05) is 0 Å². The Bertz CT molecular complexity index is 155. The minimum Gasteiger partial charge on any atom is -0.382 e. The van der Waals surface area contributed by atoms with Gasteiger partial charge < -0.3 is 18.9 Å². The third-order valence-corrected chi connectivity index (χ3v) is 2.08. The zero-order valence-electron chi connectivity index (χ0n) is 8.03. The fourth-order valence-corrected chi connectivity index (χ4v) is 1.45. The lowest BCUT2D eigenvalue weighted by molar-refractivity contribution is -0.143. The molecular formula is C8H15FO4. The maximum atomic E-state index is 13.4. The molecule has 4 nitrogen and oxygen atoms in total. The first kappa shape index (κ1) is 10.8. The number of hydrogen-bond acceptors (Lipinski definition) is 4. The second-order valence-corrected chi connectivity index (χ2v) is 2.88. The smallest absolute Gasteiger partial charge is 0.191 e. The fraction of sp³-hybridized carbons (Fsp3) is 1.00. The number of alkyl halides is 1. The lowest BCUT2D eigenvalue weighted by Gasteiger charge is -2.15. The Balaban J connectivity index is 2.55. The van der Waals surface area contributed by atoms with Crippen molar-refractivity contribution < 1.29 is 23.3 Å². The largest absolute Gasteiger partial charge is 0.382 e. The molecule has 0 amide bonds. The Hall–Kier alpha value is -0.230. The monoisotopic (exact) mass is 194 g/mol. The Morgan fingerprint density at radius 3 is 2.38 bits per heavy atom. The van der Waals surface area contributed by atoms with E-state index in [4.69, 9.17) is 18.9 Å². The highest BCUT2D eigenvalue weighted by atomic mass is 19.1. The van der Waals surface area contributed by atoms with Gasteiger partial charge >= 0.3 is 0 Å². The van der Waals surface area contributed by atoms with Crippen LogP contribution in [0, 0.1) is 0 Å². The lowest BCUT2D eigenvalue weighted by Crippen LogP contribution is -2.33. The predicted octanol–water partition coefficient (Wildman–Crippen LogP) is 0.357. The first-order valence-corrected chi connectivity index (χ1v) is 4.08. The molecule has 0 aromatic heterocycles. The molecule has 0 aromatic carbocycles. The van der Waals surface area contributed by atoms with Gasteiger partial charge in [-0.05, 0) is 0 Å². The summed E-state index contributed by atoms with van der Waals surface area (Å²) < 4.78 is 33.2. The van der Waals surface area contributed by atoms with E-state index in [0.717, 1.165) is 0 Å². The van der Waals surface area contributed by atoms with Crippen LogP contribution in [0.4, 0.5) is 4.39 Å². The maximum absolute atomic E-state index is 13.4. The van der Waals surface area contributed by atoms with Gasteiger partial charge in [0.05, 0.1) is 6.61 Å². The highest BCUT2D eigenvalue weighted by Gasteiger charge is 2.45. The van der Waals surface area contributed by atoms with E-state index in [2.05, 4.69) is 0 Å². The van der Waals surface area contributed by atoms with Crippen LogP contribution in [0.3, 0.4) is 0 Å². The van der Waals surface area contributed by atoms with Gasteiger partial charge in [-0.2, -0.15) is 0 Å². The SMILES string of the molecule is COC[C@@H]1O[C@H](OC)C(F)C1OC. The van der Waals surface area contributed by atoms with Crippen LogP contribution in [-0.2, 0) is 18.9 Å². The molecule has 2 unspecified atom stereocenters. The van der Waals surface area contributed by atoms with Gasteiger partial charge in [0, 0.05) is 21.3 Å². The van der Waals surface area contributed by atoms with Crippen LogP contribution in [-0.4, -0.2) is 52.6 Å². The van der Waals surface area contributed by atoms with Crippen molar-refractivity contribution in [3.8, 4) is 0 Å². The molecule has 1 aliphatic rings. The second kappa shape index (κ2) is 4.85. The molecule has 0 aliphatic carbocycles. The van der Waals surface area contributed by atoms with Gasteiger partial charge in [-0.3, -0.25) is 0 Å². The summed E-state index contributed by atoms with van der Waals surface area (Å²) in [5.41, 5.74) is 0. The Morgan fingerprint density at radius 1 is 1.23 bits per heavy atom. The van der Waals surface area contributed by atoms with Crippen molar-refractivity contribution in [1.82, 2.24) is 0 Å². The van der Waals surface area contributed by atoms with E-state index < -0.39 is 24.7 Å². The minimum atomic E-state index is -1.25. The van der Waals surface area contributed by atoms with Crippen LogP contribution in [0.15, 0.2) is 0 Å². The number of hydrogen-bond donors (Lipinski definition) is 0. The highest BCUT2D eigenvalue weighted by molar-refractivity contribution is 4.87. The molecule has 0 spiro atoms. The van der Waals surface area contributed by atoms with Crippen molar-refractivity contribution in [1.29, 1.82) is 0 Å². The van der Waals surface area contributed by atoms with E-state index in [-0.39, 0.29) is 0 Å². The van der Waals surface area contributed by atoms with E-state index >= 15 is 0 Å². The average Bonchev–Trinajstić information content (AvgIpc) is 2.43. The second-order valence-electron chi connectivity index (χ2n) is 2.88. The number of methoxy groups -OCH3 is 3. The molecule has 1 aliphatic heterocycles. The van der Waals surface area contributed by atoms with E-state index in [1.807, 2.05) is 0 Å². The first-order chi connectivity index (χ1) is 6.24. The highest BCUT2D eigenvalue weighted by Crippen LogP contribution is 2.26. The van der Waals surface area contributed by atoms with Crippen molar-refractivity contribution in [2.75, 3.05) is 27.9 Å². The van der Waals surface area contributed by atoms with Crippen LogP contribution >= 0.6 is 0 Å². The normalized spacial score (nSPS) is 39.7. The zero-order chi connectivity index (χ0) is 9.84. The summed E-state index contributed by atoms with van der Waals surface area (Å²) in [6, 6.07) is 0. The molecule has 0 N–H and O–H groups in total. The quantitative estimate of drug-likeness (QED) is 0.647. The van der Waals surface area contributed by atoms with Crippen molar-refractivity contribution in [2.45, 2.75) is 24.7 Å². The standard InChI is InChI=1S/C8H15FO4/c1-10-4-5-7(11-2)6(9)8(12-3)13-5/h5-8H,4H2,1-3H3/t5-,6?,7?,8-/m0/s1. The van der Waals surface area contributed by atoms with Crippen molar-refractivity contribution in [3.63, 3.8) is 0 Å². The van der Waals surface area contributed by atoms with E-state index in [1.165, 1.54) is 21.3 Å². The summed E-state index contributed by atoms with van der Waals surface area (Å²) in [6.07, 6.45) is -3.10. The van der Waals surface area contributed by atoms with E-state index in [0.29, 0.717) is 6.61 Å². The lowest BCUT2D eigenvalue weighted by atomic mass is 10.1. The summed E-state index contributed by atoms with van der Waals surface area (Å²) in [5, 5.41) is 0. The third-order valence-electron chi connectivity index (χ3n) is 2.08. The first-order valence-electron chi connectivity index (χ1n) is 4.08. The molecule has 0 bridgehead atoms. The van der Waals surface area contributed by atoms with Crippen LogP contribution in [0.5, 0.6) is 0 Å². The topological polar surface area (TPSA) is 36.9 Å². The molecule has 4 atom stereocenters. The Kier molecular flexibility index (Phi) is 4.05. The number of ether oxygens (including phenoxy) is 4. The van der Waals surface area contributed by atoms with E-state index in [1.54, 1.807) is 0 Å². The molecule has 1 saturated heterocycles. The fourth-order valence-electron chi connectivity index (χ4n) is 1.45. The zero-order valence-corrected chi connectivity index (χ0v) is 8.03. The van der Waals surface area contributed by atoms with Crippen LogP contribution in [0.1, 0.15) is 0 Å².